The normalized spacial score (nSPS) is 19.3. The van der Waals surface area contributed by atoms with Crippen LogP contribution in [0.25, 0.3) is 6.08 Å². The Morgan fingerprint density at radius 1 is 1.26 bits per heavy atom. The fourth-order valence-electron chi connectivity index (χ4n) is 4.41. The highest BCUT2D eigenvalue weighted by Gasteiger charge is 2.32. The Balaban J connectivity index is 1.36. The predicted molar refractivity (Wildman–Crippen MR) is 120 cm³/mol. The second kappa shape index (κ2) is 9.92. The molecule has 2 heterocycles. The first-order chi connectivity index (χ1) is 15.1. The summed E-state index contributed by atoms with van der Waals surface area (Å²) >= 11 is 0. The highest BCUT2D eigenvalue weighted by atomic mass is 16.2. The van der Waals surface area contributed by atoms with Gasteiger partial charge >= 0.3 is 0 Å². The van der Waals surface area contributed by atoms with Crippen LogP contribution in [0.2, 0.25) is 0 Å². The molecule has 2 aromatic rings. The third kappa shape index (κ3) is 5.22. The number of hydrogen-bond acceptors (Lipinski definition) is 4. The van der Waals surface area contributed by atoms with Crippen LogP contribution in [-0.2, 0) is 29.0 Å². The van der Waals surface area contributed by atoms with Crippen molar-refractivity contribution in [3.63, 3.8) is 0 Å². The largest absolute Gasteiger partial charge is 0.353 e. The number of aromatic nitrogens is 2. The van der Waals surface area contributed by atoms with Crippen molar-refractivity contribution in [2.45, 2.75) is 44.7 Å². The molecule has 4 rings (SSSR count). The van der Waals surface area contributed by atoms with Crippen molar-refractivity contribution in [3.05, 3.63) is 58.9 Å². The Morgan fingerprint density at radius 2 is 2.06 bits per heavy atom. The number of H-pyrrole nitrogens is 1. The first-order valence-corrected chi connectivity index (χ1v) is 11.1. The monoisotopic (exact) mass is 421 g/mol. The fourth-order valence-corrected chi connectivity index (χ4v) is 4.41. The van der Waals surface area contributed by atoms with Crippen molar-refractivity contribution in [2.24, 2.45) is 0 Å². The fraction of sp³-hybridized carbons (Fsp3) is 0.458. The summed E-state index contributed by atoms with van der Waals surface area (Å²) in [6, 6.07) is 9.64. The van der Waals surface area contributed by atoms with E-state index in [1.54, 1.807) is 11.9 Å². The zero-order valence-electron chi connectivity index (χ0n) is 18.1. The molecule has 1 fully saturated rings. The molecule has 1 aliphatic carbocycles. The third-order valence-electron chi connectivity index (χ3n) is 6.21. The molecule has 164 valence electrons. The van der Waals surface area contributed by atoms with E-state index in [0.717, 1.165) is 30.6 Å². The van der Waals surface area contributed by atoms with E-state index < -0.39 is 6.04 Å². The molecule has 0 spiro atoms. The minimum atomic E-state index is -0.447. The highest BCUT2D eigenvalue weighted by Crippen LogP contribution is 2.23. The molecule has 1 atom stereocenters. The lowest BCUT2D eigenvalue weighted by molar-refractivity contribution is -0.138. The van der Waals surface area contributed by atoms with E-state index in [2.05, 4.69) is 32.6 Å². The van der Waals surface area contributed by atoms with Gasteiger partial charge in [0.1, 0.15) is 0 Å². The Kier molecular flexibility index (Phi) is 6.82. The Hall–Kier alpha value is -2.93. The lowest BCUT2D eigenvalue weighted by atomic mass is 9.96. The summed E-state index contributed by atoms with van der Waals surface area (Å²) in [5, 5.41) is 10.5. The average Bonchev–Trinajstić information content (AvgIpc) is 3.19. The van der Waals surface area contributed by atoms with Gasteiger partial charge in [-0.3, -0.25) is 19.6 Å². The minimum Gasteiger partial charge on any atom is -0.353 e. The molecule has 0 bridgehead atoms. The maximum absolute atomic E-state index is 13.0. The van der Waals surface area contributed by atoms with Crippen LogP contribution in [0.1, 0.15) is 41.8 Å². The van der Waals surface area contributed by atoms with Gasteiger partial charge in [-0.25, -0.2) is 0 Å². The van der Waals surface area contributed by atoms with Crippen molar-refractivity contribution in [2.75, 3.05) is 26.7 Å². The van der Waals surface area contributed by atoms with Gasteiger partial charge in [0, 0.05) is 32.4 Å². The molecule has 2 aliphatic rings. The van der Waals surface area contributed by atoms with Crippen molar-refractivity contribution >= 4 is 17.9 Å². The van der Waals surface area contributed by atoms with E-state index in [0.29, 0.717) is 19.6 Å². The van der Waals surface area contributed by atoms with Crippen LogP contribution in [0.15, 0.2) is 36.4 Å². The second-order valence-corrected chi connectivity index (χ2v) is 8.40. The van der Waals surface area contributed by atoms with Crippen molar-refractivity contribution < 1.29 is 9.59 Å². The summed E-state index contributed by atoms with van der Waals surface area (Å²) in [7, 11) is 1.80. The quantitative estimate of drug-likeness (QED) is 0.718. The number of aryl methyl sites for hydroxylation is 1. The predicted octanol–water partition coefficient (Wildman–Crippen LogP) is 2.15. The van der Waals surface area contributed by atoms with Crippen LogP contribution >= 0.6 is 0 Å². The van der Waals surface area contributed by atoms with Gasteiger partial charge in [0.05, 0.1) is 24.7 Å². The molecule has 7 heteroatoms. The Labute approximate surface area is 183 Å². The zero-order chi connectivity index (χ0) is 21.6. The first-order valence-electron chi connectivity index (χ1n) is 11.1. The topological polar surface area (TPSA) is 81.3 Å². The SMILES string of the molecule is CN(Cc1n[nH]c2c1CCCC2)C(=O)CC1C(=O)NCCN1C/C=C/c1ccccc1. The maximum atomic E-state index is 13.0. The number of benzene rings is 1. The van der Waals surface area contributed by atoms with E-state index >= 15 is 0 Å². The Morgan fingerprint density at radius 3 is 2.90 bits per heavy atom. The molecular weight excluding hydrogens is 390 g/mol. The maximum Gasteiger partial charge on any atom is 0.237 e. The number of nitrogens with one attached hydrogen (secondary N) is 2. The van der Waals surface area contributed by atoms with Gasteiger partial charge < -0.3 is 10.2 Å². The summed E-state index contributed by atoms with van der Waals surface area (Å²) < 4.78 is 0. The van der Waals surface area contributed by atoms with Gasteiger partial charge in [-0.15, -0.1) is 0 Å². The van der Waals surface area contributed by atoms with Crippen molar-refractivity contribution in [1.29, 1.82) is 0 Å². The van der Waals surface area contributed by atoms with Crippen LogP contribution < -0.4 is 5.32 Å². The van der Waals surface area contributed by atoms with E-state index in [-0.39, 0.29) is 18.2 Å². The lowest BCUT2D eigenvalue weighted by Crippen LogP contribution is -2.56. The lowest BCUT2D eigenvalue weighted by Gasteiger charge is -2.34. The average molecular weight is 422 g/mol. The van der Waals surface area contributed by atoms with Crippen LogP contribution in [0, 0.1) is 0 Å². The number of carbonyl (C=O) groups excluding carboxylic acids is 2. The molecule has 7 nitrogen and oxygen atoms in total. The van der Waals surface area contributed by atoms with E-state index in [4.69, 9.17) is 0 Å². The number of piperazine rings is 1. The van der Waals surface area contributed by atoms with E-state index in [1.165, 1.54) is 24.1 Å². The summed E-state index contributed by atoms with van der Waals surface area (Å²) in [4.78, 5) is 29.3. The standard InChI is InChI=1S/C24H31N5O2/c1-28(17-21-19-11-5-6-12-20(19)26-27-21)23(30)16-22-24(31)25-13-15-29(22)14-7-10-18-8-3-2-4-9-18/h2-4,7-10,22H,5-6,11-17H2,1H3,(H,25,31)(H,26,27)/b10-7+. The smallest absolute Gasteiger partial charge is 0.237 e. The van der Waals surface area contributed by atoms with Crippen LogP contribution in [-0.4, -0.2) is 64.5 Å². The van der Waals surface area contributed by atoms with Crippen LogP contribution in [0.3, 0.4) is 0 Å². The molecule has 31 heavy (non-hydrogen) atoms. The van der Waals surface area contributed by atoms with Crippen molar-refractivity contribution in [1.82, 2.24) is 25.3 Å². The summed E-state index contributed by atoms with van der Waals surface area (Å²) in [6.45, 7) is 2.46. The molecule has 0 radical (unpaired) electrons. The molecule has 1 aromatic heterocycles. The highest BCUT2D eigenvalue weighted by molar-refractivity contribution is 5.88. The van der Waals surface area contributed by atoms with Crippen molar-refractivity contribution in [3.8, 4) is 0 Å². The first kappa shape index (κ1) is 21.3. The number of carbonyl (C=O) groups is 2. The summed E-state index contributed by atoms with van der Waals surface area (Å²) in [5.74, 6) is -0.107. The molecule has 0 saturated carbocycles. The number of rotatable bonds is 7. The summed E-state index contributed by atoms with van der Waals surface area (Å²) in [6.07, 6.45) is 8.71. The van der Waals surface area contributed by atoms with E-state index in [1.807, 2.05) is 30.3 Å². The summed E-state index contributed by atoms with van der Waals surface area (Å²) in [5.41, 5.74) is 4.57. The molecule has 1 aromatic carbocycles. The van der Waals surface area contributed by atoms with Crippen LogP contribution in [0.5, 0.6) is 0 Å². The second-order valence-electron chi connectivity index (χ2n) is 8.40. The Bertz CT molecular complexity index is 937. The van der Waals surface area contributed by atoms with E-state index in [9.17, 15) is 9.59 Å². The number of hydrogen-bond donors (Lipinski definition) is 2. The molecule has 2 amide bonds. The van der Waals surface area contributed by atoms with Gasteiger partial charge in [-0.2, -0.15) is 5.10 Å². The number of aromatic amines is 1. The molecule has 2 N–H and O–H groups in total. The molecular formula is C24H31N5O2. The minimum absolute atomic E-state index is 0.0355. The molecule has 1 unspecified atom stereocenters. The van der Waals surface area contributed by atoms with Gasteiger partial charge in [0.2, 0.25) is 11.8 Å². The van der Waals surface area contributed by atoms with Gasteiger partial charge in [0.25, 0.3) is 0 Å². The third-order valence-corrected chi connectivity index (χ3v) is 6.21. The van der Waals surface area contributed by atoms with Gasteiger partial charge in [-0.05, 0) is 36.8 Å². The zero-order valence-corrected chi connectivity index (χ0v) is 18.1. The van der Waals surface area contributed by atoms with Gasteiger partial charge in [-0.1, -0.05) is 42.5 Å². The number of nitrogens with zero attached hydrogens (tertiary/aromatic N) is 3. The number of fused-ring (bicyclic) bond motifs is 1. The van der Waals surface area contributed by atoms with Crippen LogP contribution in [0.4, 0.5) is 0 Å². The van der Waals surface area contributed by atoms with Gasteiger partial charge in [0.15, 0.2) is 0 Å². The molecule has 1 aliphatic heterocycles. The molecule has 1 saturated heterocycles. The number of amides is 2.